The van der Waals surface area contributed by atoms with Crippen molar-refractivity contribution in [2.75, 3.05) is 57.4 Å². The number of guanidine groups is 1. The molecule has 5 nitrogen and oxygen atoms in total. The average molecular weight is 533 g/mol. The van der Waals surface area contributed by atoms with Crippen molar-refractivity contribution in [1.82, 2.24) is 15.5 Å². The minimum atomic E-state index is 0. The van der Waals surface area contributed by atoms with Gasteiger partial charge in [0.2, 0.25) is 0 Å². The first-order valence-corrected chi connectivity index (χ1v) is 11.7. The van der Waals surface area contributed by atoms with Crippen LogP contribution in [0.2, 0.25) is 0 Å². The van der Waals surface area contributed by atoms with E-state index in [1.165, 1.54) is 23.5 Å². The highest BCUT2D eigenvalue weighted by atomic mass is 127. The van der Waals surface area contributed by atoms with Gasteiger partial charge in [-0.15, -0.1) is 24.0 Å². The predicted octanol–water partition coefficient (Wildman–Crippen LogP) is 3.35. The van der Waals surface area contributed by atoms with E-state index in [2.05, 4.69) is 78.4 Å². The molecular formula is C22H37IN4OS. The maximum absolute atomic E-state index is 5.58. The van der Waals surface area contributed by atoms with E-state index in [0.29, 0.717) is 0 Å². The van der Waals surface area contributed by atoms with Crippen LogP contribution >= 0.6 is 35.7 Å². The second-order valence-corrected chi connectivity index (χ2v) is 9.53. The smallest absolute Gasteiger partial charge is 0.191 e. The minimum absolute atomic E-state index is 0. The molecule has 0 bridgehead atoms. The quantitative estimate of drug-likeness (QED) is 0.321. The Morgan fingerprint density at radius 3 is 2.55 bits per heavy atom. The van der Waals surface area contributed by atoms with Crippen molar-refractivity contribution in [3.63, 3.8) is 0 Å². The molecule has 1 aromatic carbocycles. The maximum atomic E-state index is 5.58. The Bertz CT molecular complexity index is 629. The number of benzene rings is 1. The van der Waals surface area contributed by atoms with Gasteiger partial charge in [-0.25, -0.2) is 0 Å². The molecule has 3 rings (SSSR count). The number of nitrogens with one attached hydrogen (secondary N) is 2. The number of thioether (sulfide) groups is 1. The summed E-state index contributed by atoms with van der Waals surface area (Å²) >= 11 is 2.07. The largest absolute Gasteiger partial charge is 0.379 e. The molecule has 164 valence electrons. The van der Waals surface area contributed by atoms with E-state index >= 15 is 0 Å². The molecule has 2 aliphatic heterocycles. The summed E-state index contributed by atoms with van der Waals surface area (Å²) in [5, 5.41) is 7.11. The van der Waals surface area contributed by atoms with Crippen LogP contribution in [0.1, 0.15) is 32.8 Å². The fourth-order valence-corrected chi connectivity index (χ4v) is 5.46. The van der Waals surface area contributed by atoms with E-state index < -0.39 is 0 Å². The number of nitrogens with zero attached hydrogens (tertiary/aromatic N) is 2. The van der Waals surface area contributed by atoms with Crippen LogP contribution in [0.15, 0.2) is 35.3 Å². The Kier molecular flexibility index (Phi) is 10.0. The van der Waals surface area contributed by atoms with E-state index in [9.17, 15) is 0 Å². The first kappa shape index (κ1) is 24.8. The van der Waals surface area contributed by atoms with Crippen molar-refractivity contribution in [3.05, 3.63) is 35.9 Å². The lowest BCUT2D eigenvalue weighted by molar-refractivity contribution is -0.0120. The summed E-state index contributed by atoms with van der Waals surface area (Å²) in [7, 11) is 0. The lowest BCUT2D eigenvalue weighted by Gasteiger charge is -2.43. The van der Waals surface area contributed by atoms with Crippen LogP contribution in [-0.4, -0.2) is 73.8 Å². The zero-order chi connectivity index (χ0) is 19.9. The van der Waals surface area contributed by atoms with Crippen molar-refractivity contribution in [3.8, 4) is 0 Å². The first-order chi connectivity index (χ1) is 13.6. The van der Waals surface area contributed by atoms with Gasteiger partial charge in [-0.3, -0.25) is 9.89 Å². The Hall–Kier alpha value is -0.510. The fourth-order valence-electron chi connectivity index (χ4n) is 3.98. The average Bonchev–Trinajstić information content (AvgIpc) is 3.22. The van der Waals surface area contributed by atoms with Crippen molar-refractivity contribution < 1.29 is 4.74 Å². The Balaban J connectivity index is 0.00000300. The van der Waals surface area contributed by atoms with Gasteiger partial charge in [-0.1, -0.05) is 44.2 Å². The third kappa shape index (κ3) is 6.74. The number of hydrogen-bond donors (Lipinski definition) is 2. The molecule has 29 heavy (non-hydrogen) atoms. The van der Waals surface area contributed by atoms with Crippen molar-refractivity contribution in [1.29, 1.82) is 0 Å². The second kappa shape index (κ2) is 11.8. The molecular weight excluding hydrogens is 495 g/mol. The van der Waals surface area contributed by atoms with Gasteiger partial charge in [0.25, 0.3) is 0 Å². The van der Waals surface area contributed by atoms with Crippen LogP contribution in [0.25, 0.3) is 0 Å². The van der Waals surface area contributed by atoms with Crippen LogP contribution in [0, 0.1) is 0 Å². The number of aliphatic imine (C=N–C) groups is 1. The topological polar surface area (TPSA) is 48.9 Å². The highest BCUT2D eigenvalue weighted by Gasteiger charge is 2.40. The monoisotopic (exact) mass is 532 g/mol. The third-order valence-electron chi connectivity index (χ3n) is 5.88. The van der Waals surface area contributed by atoms with Gasteiger partial charge in [0.05, 0.1) is 19.8 Å². The van der Waals surface area contributed by atoms with Gasteiger partial charge in [-0.05, 0) is 24.7 Å². The number of halogens is 1. The van der Waals surface area contributed by atoms with Gasteiger partial charge >= 0.3 is 0 Å². The zero-order valence-corrected chi connectivity index (χ0v) is 21.2. The Morgan fingerprint density at radius 2 is 1.93 bits per heavy atom. The lowest BCUT2D eigenvalue weighted by Crippen LogP contribution is -2.60. The van der Waals surface area contributed by atoms with E-state index in [4.69, 9.17) is 9.73 Å². The van der Waals surface area contributed by atoms with Crippen LogP contribution in [-0.2, 0) is 10.2 Å². The van der Waals surface area contributed by atoms with Gasteiger partial charge in [-0.2, -0.15) is 11.8 Å². The maximum Gasteiger partial charge on any atom is 0.191 e. The van der Waals surface area contributed by atoms with Crippen LogP contribution in [0.5, 0.6) is 0 Å². The molecule has 1 unspecified atom stereocenters. The van der Waals surface area contributed by atoms with Crippen molar-refractivity contribution >= 4 is 41.7 Å². The summed E-state index contributed by atoms with van der Waals surface area (Å²) in [5.41, 5.74) is 1.56. The zero-order valence-electron chi connectivity index (χ0n) is 18.1. The molecule has 1 atom stereocenters. The molecule has 2 saturated heterocycles. The van der Waals surface area contributed by atoms with Crippen LogP contribution in [0.3, 0.4) is 0 Å². The fraction of sp³-hybridized carbons (Fsp3) is 0.682. The van der Waals surface area contributed by atoms with Crippen molar-refractivity contribution in [2.24, 2.45) is 4.99 Å². The lowest BCUT2D eigenvalue weighted by atomic mass is 9.85. The number of morpholine rings is 1. The highest BCUT2D eigenvalue weighted by Crippen LogP contribution is 2.33. The Morgan fingerprint density at radius 1 is 1.21 bits per heavy atom. The molecule has 0 aliphatic carbocycles. The highest BCUT2D eigenvalue weighted by molar-refractivity contribution is 14.0. The first-order valence-electron chi connectivity index (χ1n) is 10.5. The van der Waals surface area contributed by atoms with Gasteiger partial charge in [0.1, 0.15) is 0 Å². The molecule has 7 heteroatoms. The van der Waals surface area contributed by atoms with Crippen molar-refractivity contribution in [2.45, 2.75) is 38.1 Å². The Labute approximate surface area is 197 Å². The molecule has 0 aromatic heterocycles. The van der Waals surface area contributed by atoms with E-state index in [1.807, 2.05) is 0 Å². The summed E-state index contributed by atoms with van der Waals surface area (Å²) in [6.45, 7) is 13.0. The molecule has 1 aromatic rings. The second-order valence-electron chi connectivity index (χ2n) is 8.42. The molecule has 0 spiro atoms. The molecule has 2 aliphatic rings. The van der Waals surface area contributed by atoms with E-state index in [0.717, 1.165) is 51.9 Å². The third-order valence-corrected chi connectivity index (χ3v) is 7.12. The molecule has 0 radical (unpaired) electrons. The van der Waals surface area contributed by atoms with E-state index in [-0.39, 0.29) is 34.9 Å². The molecule has 2 fully saturated rings. The summed E-state index contributed by atoms with van der Waals surface area (Å²) < 4.78 is 5.58. The summed E-state index contributed by atoms with van der Waals surface area (Å²) in [4.78, 5) is 7.58. The molecule has 2 N–H and O–H groups in total. The molecule has 0 saturated carbocycles. The summed E-state index contributed by atoms with van der Waals surface area (Å²) in [6.07, 6.45) is 1.24. The van der Waals surface area contributed by atoms with Gasteiger partial charge < -0.3 is 15.4 Å². The molecule has 0 amide bonds. The van der Waals surface area contributed by atoms with Crippen LogP contribution in [0.4, 0.5) is 0 Å². The predicted molar refractivity (Wildman–Crippen MR) is 136 cm³/mol. The minimum Gasteiger partial charge on any atom is -0.379 e. The summed E-state index contributed by atoms with van der Waals surface area (Å²) in [5.74, 6) is 3.36. The number of ether oxygens (including phenoxy) is 1. The standard InChI is InChI=1S/C22H36N4OS.HI/c1-4-23-20(24-16-21(2,3)19-8-6-5-7-9-19)25-17-22(10-15-28-18-22)26-11-13-27-14-12-26;/h5-9H,4,10-18H2,1-3H3,(H2,23,24,25);1H. The van der Waals surface area contributed by atoms with Gasteiger partial charge in [0.15, 0.2) is 5.96 Å². The SMILES string of the molecule is CCNC(=NCC(C)(C)c1ccccc1)NCC1(N2CCOCC2)CCSC1.I. The van der Waals surface area contributed by atoms with Gasteiger partial charge in [0, 0.05) is 42.9 Å². The normalized spacial score (nSPS) is 23.5. The van der Waals surface area contributed by atoms with Crippen LogP contribution < -0.4 is 10.6 Å². The van der Waals surface area contributed by atoms with E-state index in [1.54, 1.807) is 0 Å². The number of rotatable bonds is 7. The summed E-state index contributed by atoms with van der Waals surface area (Å²) in [6, 6.07) is 10.7. The number of hydrogen-bond acceptors (Lipinski definition) is 4. The molecule has 2 heterocycles.